The van der Waals surface area contributed by atoms with Crippen molar-refractivity contribution in [3.63, 3.8) is 0 Å². The maximum absolute atomic E-state index is 4.04. The van der Waals surface area contributed by atoms with Crippen LogP contribution in [0.15, 0.2) is 0 Å². The van der Waals surface area contributed by atoms with Gasteiger partial charge < -0.3 is 0 Å². The smallest absolute Gasteiger partial charge is 0.167 e. The van der Waals surface area contributed by atoms with Crippen LogP contribution in [0.3, 0.4) is 0 Å². The number of nitrogens with zero attached hydrogens (tertiary/aromatic N) is 4. The van der Waals surface area contributed by atoms with Crippen LogP contribution in [0.2, 0.25) is 0 Å². The summed E-state index contributed by atoms with van der Waals surface area (Å²) in [4.78, 5) is 1.49. The van der Waals surface area contributed by atoms with E-state index in [9.17, 15) is 0 Å². The fourth-order valence-corrected chi connectivity index (χ4v) is 0.758. The second-order valence-electron chi connectivity index (χ2n) is 2.30. The van der Waals surface area contributed by atoms with Gasteiger partial charge in [0.15, 0.2) is 5.82 Å². The molecule has 0 spiro atoms. The number of hydrogen-bond acceptors (Lipinski definition) is 3. The largest absolute Gasteiger partial charge is 0.174 e. The molecule has 0 amide bonds. The Morgan fingerprint density at radius 3 is 2.42 bits per heavy atom. The fraction of sp³-hybridized carbons (Fsp3) is 0.875. The van der Waals surface area contributed by atoms with Crippen LogP contribution in [0.4, 0.5) is 0 Å². The molecule has 0 saturated carbocycles. The Bertz CT molecular complexity index is 195. The van der Waals surface area contributed by atoms with E-state index in [4.69, 9.17) is 0 Å². The number of aryl methyl sites for hydroxylation is 2. The second-order valence-corrected chi connectivity index (χ2v) is 2.30. The van der Waals surface area contributed by atoms with Crippen molar-refractivity contribution in [3.8, 4) is 0 Å². The first kappa shape index (κ1) is 11.1. The van der Waals surface area contributed by atoms with Crippen molar-refractivity contribution < 1.29 is 0 Å². The average Bonchev–Trinajstić information content (AvgIpc) is 2.51. The number of unbranched alkanes of at least 4 members (excludes halogenated alkanes) is 1. The molecule has 0 unspecified atom stereocenters. The quantitative estimate of drug-likeness (QED) is 0.691. The lowest BCUT2D eigenvalue weighted by molar-refractivity contribution is 0.626. The highest BCUT2D eigenvalue weighted by molar-refractivity contribution is 4.75. The van der Waals surface area contributed by atoms with Crippen molar-refractivity contribution in [2.45, 2.75) is 40.0 Å². The summed E-state index contributed by atoms with van der Waals surface area (Å²) in [5, 5.41) is 11.6. The van der Waals surface area contributed by atoms with Crippen molar-refractivity contribution in [3.05, 3.63) is 5.82 Å². The van der Waals surface area contributed by atoms with E-state index in [-0.39, 0.29) is 0 Å². The second kappa shape index (κ2) is 6.76. The minimum Gasteiger partial charge on any atom is -0.167 e. The number of aromatic nitrogens is 4. The lowest BCUT2D eigenvalue weighted by Crippen LogP contribution is -1.93. The van der Waals surface area contributed by atoms with Crippen LogP contribution in [0, 0.1) is 0 Å². The lowest BCUT2D eigenvalue weighted by atomic mass is 10.2. The predicted molar refractivity (Wildman–Crippen MR) is 48.8 cm³/mol. The molecule has 0 atom stereocenters. The van der Waals surface area contributed by atoms with Gasteiger partial charge in [-0.15, -0.1) is 10.2 Å². The number of hydrogen-bond donors (Lipinski definition) is 0. The van der Waals surface area contributed by atoms with Crippen LogP contribution in [0.25, 0.3) is 0 Å². The summed E-state index contributed by atoms with van der Waals surface area (Å²) in [6.45, 7) is 6.15. The van der Waals surface area contributed by atoms with E-state index in [2.05, 4.69) is 22.3 Å². The molecule has 0 aliphatic carbocycles. The molecule has 0 aliphatic heterocycles. The lowest BCUT2D eigenvalue weighted by Gasteiger charge is -1.87. The van der Waals surface area contributed by atoms with Gasteiger partial charge >= 0.3 is 0 Å². The highest BCUT2D eigenvalue weighted by Gasteiger charge is 1.96. The van der Waals surface area contributed by atoms with Crippen LogP contribution >= 0.6 is 0 Å². The van der Waals surface area contributed by atoms with E-state index in [0.717, 1.165) is 18.7 Å². The molecule has 1 rings (SSSR count). The van der Waals surface area contributed by atoms with Crippen molar-refractivity contribution >= 4 is 0 Å². The van der Waals surface area contributed by atoms with Gasteiger partial charge in [-0.3, -0.25) is 0 Å². The van der Waals surface area contributed by atoms with Crippen molar-refractivity contribution in [1.29, 1.82) is 0 Å². The molecule has 12 heavy (non-hydrogen) atoms. The minimum atomic E-state index is 0.851. The Morgan fingerprint density at radius 2 is 2.00 bits per heavy atom. The molecule has 0 N–H and O–H groups in total. The molecule has 1 heterocycles. The van der Waals surface area contributed by atoms with Crippen molar-refractivity contribution in [1.82, 2.24) is 20.2 Å². The topological polar surface area (TPSA) is 43.6 Å². The summed E-state index contributed by atoms with van der Waals surface area (Å²) in [5.74, 6) is 0.851. The van der Waals surface area contributed by atoms with E-state index in [1.165, 1.54) is 11.2 Å². The summed E-state index contributed by atoms with van der Waals surface area (Å²) in [6.07, 6.45) is 3.27. The molecule has 0 bridgehead atoms. The molecule has 0 saturated heterocycles. The monoisotopic (exact) mass is 170 g/mol. The van der Waals surface area contributed by atoms with Gasteiger partial charge in [-0.05, 0) is 11.6 Å². The summed E-state index contributed by atoms with van der Waals surface area (Å²) < 4.78 is 0. The van der Waals surface area contributed by atoms with Crippen molar-refractivity contribution in [2.24, 2.45) is 7.05 Å². The first-order valence-corrected chi connectivity index (χ1v) is 4.56. The van der Waals surface area contributed by atoms with E-state index < -0.39 is 0 Å². The van der Waals surface area contributed by atoms with Crippen molar-refractivity contribution in [2.75, 3.05) is 0 Å². The maximum atomic E-state index is 4.04. The third kappa shape index (κ3) is 4.05. The Kier molecular flexibility index (Phi) is 6.24. The zero-order valence-electron chi connectivity index (χ0n) is 8.41. The van der Waals surface area contributed by atoms with Gasteiger partial charge in [0.1, 0.15) is 0 Å². The fourth-order valence-electron chi connectivity index (χ4n) is 0.758. The Labute approximate surface area is 74.0 Å². The molecule has 0 fully saturated rings. The van der Waals surface area contributed by atoms with Gasteiger partial charge in [0.05, 0.1) is 7.05 Å². The van der Waals surface area contributed by atoms with Crippen LogP contribution < -0.4 is 0 Å². The van der Waals surface area contributed by atoms with Crippen LogP contribution in [0.5, 0.6) is 0 Å². The molecule has 70 valence electrons. The maximum Gasteiger partial charge on any atom is 0.174 e. The number of rotatable bonds is 3. The Hall–Kier alpha value is -0.930. The third-order valence-electron chi connectivity index (χ3n) is 1.30. The van der Waals surface area contributed by atoms with Gasteiger partial charge in [0.25, 0.3) is 0 Å². The molecule has 0 radical (unpaired) electrons. The van der Waals surface area contributed by atoms with Crippen LogP contribution in [-0.4, -0.2) is 20.2 Å². The van der Waals surface area contributed by atoms with E-state index >= 15 is 0 Å². The predicted octanol–water partition coefficient (Wildman–Crippen LogP) is 1.58. The summed E-state index contributed by atoms with van der Waals surface area (Å²) in [5.41, 5.74) is 0. The molecule has 1 aromatic rings. The molecule has 4 nitrogen and oxygen atoms in total. The first-order valence-electron chi connectivity index (χ1n) is 4.56. The molecule has 0 aliphatic rings. The normalized spacial score (nSPS) is 9.00. The van der Waals surface area contributed by atoms with E-state index in [0.29, 0.717) is 0 Å². The SMILES string of the molecule is CC.CCCCc1nnn(C)n1. The molecular formula is C8H18N4. The van der Waals surface area contributed by atoms with Gasteiger partial charge in [-0.25, -0.2) is 0 Å². The zero-order valence-corrected chi connectivity index (χ0v) is 8.41. The standard InChI is InChI=1S/C6H12N4.C2H6/c1-3-4-5-6-7-9-10(2)8-6;1-2/h3-5H2,1-2H3;1-2H3. The minimum absolute atomic E-state index is 0.851. The van der Waals surface area contributed by atoms with Crippen LogP contribution in [0.1, 0.15) is 39.4 Å². The van der Waals surface area contributed by atoms with E-state index in [1.807, 2.05) is 13.8 Å². The van der Waals surface area contributed by atoms with Gasteiger partial charge in [-0.1, -0.05) is 27.2 Å². The summed E-state index contributed by atoms with van der Waals surface area (Å²) in [7, 11) is 1.78. The number of tetrazole rings is 1. The molecule has 0 aromatic carbocycles. The molecular weight excluding hydrogens is 152 g/mol. The van der Waals surface area contributed by atoms with Gasteiger partial charge in [-0.2, -0.15) is 4.80 Å². The summed E-state index contributed by atoms with van der Waals surface area (Å²) in [6, 6.07) is 0. The Morgan fingerprint density at radius 1 is 1.33 bits per heavy atom. The summed E-state index contributed by atoms with van der Waals surface area (Å²) >= 11 is 0. The molecule has 1 aromatic heterocycles. The van der Waals surface area contributed by atoms with Crippen LogP contribution in [-0.2, 0) is 13.5 Å². The average molecular weight is 170 g/mol. The van der Waals surface area contributed by atoms with Gasteiger partial charge in [0, 0.05) is 6.42 Å². The highest BCUT2D eigenvalue weighted by atomic mass is 15.6. The van der Waals surface area contributed by atoms with Gasteiger partial charge in [0.2, 0.25) is 0 Å². The first-order chi connectivity index (χ1) is 5.83. The highest BCUT2D eigenvalue weighted by Crippen LogP contribution is 1.94. The molecule has 4 heteroatoms. The third-order valence-corrected chi connectivity index (χ3v) is 1.30. The zero-order chi connectivity index (χ0) is 9.40. The Balaban J connectivity index is 0.000000561. The van der Waals surface area contributed by atoms with E-state index in [1.54, 1.807) is 7.05 Å².